The summed E-state index contributed by atoms with van der Waals surface area (Å²) >= 11 is 0. The van der Waals surface area contributed by atoms with Crippen molar-refractivity contribution >= 4 is 10.0 Å². The molecule has 2 N–H and O–H groups in total. The lowest BCUT2D eigenvalue weighted by Crippen LogP contribution is -2.28. The molecule has 6 nitrogen and oxygen atoms in total. The van der Waals surface area contributed by atoms with Crippen LogP contribution < -0.4 is 9.46 Å². The third kappa shape index (κ3) is 4.13. The minimum Gasteiger partial charge on any atom is -0.495 e. The van der Waals surface area contributed by atoms with Crippen LogP contribution in [0.15, 0.2) is 39.6 Å². The van der Waals surface area contributed by atoms with E-state index in [0.717, 1.165) is 5.56 Å². The summed E-state index contributed by atoms with van der Waals surface area (Å²) in [5.41, 5.74) is 0.883. The second-order valence-corrected chi connectivity index (χ2v) is 6.89. The van der Waals surface area contributed by atoms with Gasteiger partial charge in [-0.25, -0.2) is 13.1 Å². The SMILES string of the molecule is CCc1ccc(OC)c(S(=O)(=O)NCC(O)c2ccc(C)o2)c1. The van der Waals surface area contributed by atoms with Gasteiger partial charge in [-0.15, -0.1) is 0 Å². The zero-order chi connectivity index (χ0) is 17.0. The van der Waals surface area contributed by atoms with E-state index in [9.17, 15) is 13.5 Å². The van der Waals surface area contributed by atoms with Crippen LogP contribution in [0.25, 0.3) is 0 Å². The summed E-state index contributed by atoms with van der Waals surface area (Å²) in [4.78, 5) is 0.0576. The highest BCUT2D eigenvalue weighted by Crippen LogP contribution is 2.25. The van der Waals surface area contributed by atoms with Crippen molar-refractivity contribution in [1.82, 2.24) is 4.72 Å². The number of sulfonamides is 1. The van der Waals surface area contributed by atoms with Crippen LogP contribution in [0.2, 0.25) is 0 Å². The molecule has 1 aromatic heterocycles. The number of rotatable bonds is 7. The molecular formula is C16H21NO5S. The molecule has 1 aromatic carbocycles. The Morgan fingerprint density at radius 2 is 2.04 bits per heavy atom. The molecule has 1 heterocycles. The van der Waals surface area contributed by atoms with Crippen LogP contribution in [-0.2, 0) is 16.4 Å². The standard InChI is InChI=1S/C16H21NO5S/c1-4-12-6-8-15(21-3)16(9-12)23(19,20)17-10-13(18)14-7-5-11(2)22-14/h5-9,13,17-18H,4,10H2,1-3H3. The Bertz CT molecular complexity index is 767. The first-order valence-corrected chi connectivity index (χ1v) is 8.76. The molecular weight excluding hydrogens is 318 g/mol. The van der Waals surface area contributed by atoms with Crippen LogP contribution in [0.3, 0.4) is 0 Å². The summed E-state index contributed by atoms with van der Waals surface area (Å²) in [6.45, 7) is 3.50. The van der Waals surface area contributed by atoms with Crippen LogP contribution >= 0.6 is 0 Å². The van der Waals surface area contributed by atoms with Gasteiger partial charge in [0, 0.05) is 6.54 Å². The smallest absolute Gasteiger partial charge is 0.244 e. The molecule has 2 rings (SSSR count). The van der Waals surface area contributed by atoms with Crippen molar-refractivity contribution in [3.8, 4) is 5.75 Å². The van der Waals surface area contributed by atoms with E-state index < -0.39 is 16.1 Å². The fraction of sp³-hybridized carbons (Fsp3) is 0.375. The summed E-state index contributed by atoms with van der Waals surface area (Å²) in [5, 5.41) is 10.0. The highest BCUT2D eigenvalue weighted by atomic mass is 32.2. The predicted octanol–water partition coefficient (Wildman–Crippen LogP) is 2.17. The Balaban J connectivity index is 2.18. The van der Waals surface area contributed by atoms with Crippen LogP contribution in [0.4, 0.5) is 0 Å². The maximum absolute atomic E-state index is 12.5. The molecule has 0 aliphatic carbocycles. The first kappa shape index (κ1) is 17.5. The number of aliphatic hydroxyl groups is 1. The number of methoxy groups -OCH3 is 1. The molecule has 23 heavy (non-hydrogen) atoms. The van der Waals surface area contributed by atoms with E-state index in [4.69, 9.17) is 9.15 Å². The Labute approximate surface area is 136 Å². The molecule has 0 radical (unpaired) electrons. The highest BCUT2D eigenvalue weighted by Gasteiger charge is 2.22. The van der Waals surface area contributed by atoms with E-state index in [0.29, 0.717) is 17.9 Å². The van der Waals surface area contributed by atoms with Crippen LogP contribution in [-0.4, -0.2) is 27.2 Å². The van der Waals surface area contributed by atoms with E-state index >= 15 is 0 Å². The Morgan fingerprint density at radius 3 is 2.61 bits per heavy atom. The van der Waals surface area contributed by atoms with Gasteiger partial charge in [0.25, 0.3) is 0 Å². The predicted molar refractivity (Wildman–Crippen MR) is 86.0 cm³/mol. The largest absolute Gasteiger partial charge is 0.495 e. The molecule has 0 aliphatic rings. The van der Waals surface area contributed by atoms with Gasteiger partial charge in [-0.3, -0.25) is 0 Å². The first-order chi connectivity index (χ1) is 10.9. The van der Waals surface area contributed by atoms with Gasteiger partial charge in [-0.2, -0.15) is 0 Å². The maximum atomic E-state index is 12.5. The number of nitrogens with one attached hydrogen (secondary N) is 1. The molecule has 0 bridgehead atoms. The number of ether oxygens (including phenoxy) is 1. The average molecular weight is 339 g/mol. The highest BCUT2D eigenvalue weighted by molar-refractivity contribution is 7.89. The molecule has 7 heteroatoms. The van der Waals surface area contributed by atoms with Gasteiger partial charge >= 0.3 is 0 Å². The molecule has 0 saturated heterocycles. The number of hydrogen-bond acceptors (Lipinski definition) is 5. The van der Waals surface area contributed by atoms with Gasteiger partial charge in [0.05, 0.1) is 7.11 Å². The van der Waals surface area contributed by atoms with Crippen molar-refractivity contribution in [3.05, 3.63) is 47.4 Å². The molecule has 1 unspecified atom stereocenters. The molecule has 0 aliphatic heterocycles. The number of hydrogen-bond donors (Lipinski definition) is 2. The summed E-state index contributed by atoms with van der Waals surface area (Å²) in [7, 11) is -2.39. The van der Waals surface area contributed by atoms with Crippen molar-refractivity contribution in [2.24, 2.45) is 0 Å². The van der Waals surface area contributed by atoms with Gasteiger partial charge in [-0.05, 0) is 43.2 Å². The average Bonchev–Trinajstić information content (AvgIpc) is 2.98. The second-order valence-electron chi connectivity index (χ2n) is 5.15. The minimum absolute atomic E-state index is 0.0576. The molecule has 0 saturated carbocycles. The van der Waals surface area contributed by atoms with E-state index in [1.54, 1.807) is 31.2 Å². The Hall–Kier alpha value is -1.83. The zero-order valence-electron chi connectivity index (χ0n) is 13.4. The fourth-order valence-corrected chi connectivity index (χ4v) is 3.41. The molecule has 1 atom stereocenters. The summed E-state index contributed by atoms with van der Waals surface area (Å²) < 4.78 is 37.8. The third-order valence-corrected chi connectivity index (χ3v) is 4.93. The lowest BCUT2D eigenvalue weighted by atomic mass is 10.2. The number of furan rings is 1. The first-order valence-electron chi connectivity index (χ1n) is 7.28. The van der Waals surface area contributed by atoms with Crippen LogP contribution in [0, 0.1) is 6.92 Å². The monoisotopic (exact) mass is 339 g/mol. The minimum atomic E-state index is -3.81. The van der Waals surface area contributed by atoms with E-state index in [1.165, 1.54) is 7.11 Å². The van der Waals surface area contributed by atoms with Crippen LogP contribution in [0.5, 0.6) is 5.75 Å². The normalized spacial score (nSPS) is 13.0. The van der Waals surface area contributed by atoms with E-state index in [1.807, 2.05) is 13.0 Å². The van der Waals surface area contributed by atoms with Gasteiger partial charge in [0.2, 0.25) is 10.0 Å². The molecule has 0 spiro atoms. The number of benzene rings is 1. The van der Waals surface area contributed by atoms with E-state index in [-0.39, 0.29) is 17.2 Å². The van der Waals surface area contributed by atoms with Gasteiger partial charge < -0.3 is 14.3 Å². The van der Waals surface area contributed by atoms with Crippen molar-refractivity contribution in [1.29, 1.82) is 0 Å². The second kappa shape index (κ2) is 7.16. The summed E-state index contributed by atoms with van der Waals surface area (Å²) in [6, 6.07) is 8.34. The van der Waals surface area contributed by atoms with Gasteiger partial charge in [0.1, 0.15) is 28.3 Å². The Kier molecular flexibility index (Phi) is 5.46. The van der Waals surface area contributed by atoms with Crippen molar-refractivity contribution in [3.63, 3.8) is 0 Å². The van der Waals surface area contributed by atoms with Crippen molar-refractivity contribution in [2.75, 3.05) is 13.7 Å². The van der Waals surface area contributed by atoms with E-state index in [2.05, 4.69) is 4.72 Å². The fourth-order valence-electron chi connectivity index (χ4n) is 2.15. The quantitative estimate of drug-likeness (QED) is 0.807. The summed E-state index contributed by atoms with van der Waals surface area (Å²) in [6.07, 6.45) is -0.348. The van der Waals surface area contributed by atoms with Crippen molar-refractivity contribution < 1.29 is 22.7 Å². The van der Waals surface area contributed by atoms with Gasteiger partial charge in [-0.1, -0.05) is 13.0 Å². The lowest BCUT2D eigenvalue weighted by Gasteiger charge is -2.13. The third-order valence-electron chi connectivity index (χ3n) is 3.48. The maximum Gasteiger partial charge on any atom is 0.244 e. The molecule has 126 valence electrons. The van der Waals surface area contributed by atoms with Gasteiger partial charge in [0.15, 0.2) is 0 Å². The lowest BCUT2D eigenvalue weighted by molar-refractivity contribution is 0.152. The van der Waals surface area contributed by atoms with Crippen LogP contribution in [0.1, 0.15) is 30.1 Å². The molecule has 0 fully saturated rings. The number of aliphatic hydroxyl groups excluding tert-OH is 1. The van der Waals surface area contributed by atoms with Crippen molar-refractivity contribution in [2.45, 2.75) is 31.3 Å². The number of aryl methyl sites for hydroxylation is 2. The molecule has 2 aromatic rings. The molecule has 0 amide bonds. The topological polar surface area (TPSA) is 88.8 Å². The summed E-state index contributed by atoms with van der Waals surface area (Å²) in [5.74, 6) is 1.23. The zero-order valence-corrected chi connectivity index (χ0v) is 14.2. The Morgan fingerprint density at radius 1 is 1.30 bits per heavy atom.